The molecule has 0 unspecified atom stereocenters. The molecule has 0 amide bonds. The van der Waals surface area contributed by atoms with Crippen LogP contribution in [0.2, 0.25) is 0 Å². The maximum Gasteiger partial charge on any atom is 0.0946 e. The lowest BCUT2D eigenvalue weighted by atomic mass is 10.1. The first-order valence-corrected chi connectivity index (χ1v) is 31.7. The molecule has 0 N–H and O–H groups in total. The lowest BCUT2D eigenvalue weighted by Crippen LogP contribution is -2.45. The van der Waals surface area contributed by atoms with Gasteiger partial charge in [-0.05, 0) is 125 Å². The minimum Gasteiger partial charge on any atom is -0.337 e. The zero-order valence-electron chi connectivity index (χ0n) is 53.8. The van der Waals surface area contributed by atoms with Crippen LogP contribution in [-0.2, 0) is 32.5 Å². The summed E-state index contributed by atoms with van der Waals surface area (Å²) in [4.78, 5) is 24.9. The number of likely N-dealkylation sites (N-methyl/N-ethyl adjacent to an activating group) is 3. The summed E-state index contributed by atoms with van der Waals surface area (Å²) < 4.78 is 2.03. The molecular weight excluding hydrogens is 1050 g/mol. The van der Waals surface area contributed by atoms with Gasteiger partial charge < -0.3 is 24.2 Å². The predicted octanol–water partition coefficient (Wildman–Crippen LogP) is 14.4. The van der Waals surface area contributed by atoms with Crippen LogP contribution in [0.1, 0.15) is 73.6 Å². The van der Waals surface area contributed by atoms with Crippen molar-refractivity contribution in [2.45, 2.75) is 83.8 Å². The van der Waals surface area contributed by atoms with E-state index in [4.69, 9.17) is 0 Å². The van der Waals surface area contributed by atoms with Gasteiger partial charge in [-0.2, -0.15) is 0 Å². The molecule has 4 aliphatic rings. The molecule has 5 heterocycles. The Morgan fingerprint density at radius 2 is 0.953 bits per heavy atom. The van der Waals surface area contributed by atoms with Crippen LogP contribution < -0.4 is 0 Å². The van der Waals surface area contributed by atoms with Crippen molar-refractivity contribution in [2.24, 2.45) is 0 Å². The average Bonchev–Trinajstić information content (AvgIpc) is 4.30. The standard InChI is InChI=1S/C14H20N2.C13H17N.C13H19N.C12H18N2.C9H18N2.C8H10.C7H10N2/c1-2-8-15-9-11-16(12-10-15)13-14-6-4-3-5-7-14;1-12-7-9-14(10-8-12)11-13-5-3-2-4-6-13;1-3-4-11-14(2)12-10-13-8-6-5-7-9-13;1-3-4-10-14(2)11-7-12-5-8-13-9-6-12;1-3-4-5-11-8-6-10(2)7-9-11;1-2-5-8-6-3-4-7-8;1-2-3-5-9-6-4-8-7-9/h2-7H,1,8-13H2;2-6H,1,7-11H2;3,5-9H,1,4,10-12H2,2H3;3,5-6,8-9H,1,4,7,10-11H2,2H3;3H,1,4-9H2,2H3;2-3,6-7H,1,4-5H2;2,4,6-7H,1,3,5H2. The zero-order chi connectivity index (χ0) is 61.9. The fourth-order valence-electron chi connectivity index (χ4n) is 9.53. The fourth-order valence-corrected chi connectivity index (χ4v) is 9.53. The van der Waals surface area contributed by atoms with Gasteiger partial charge in [0.2, 0.25) is 0 Å². The molecule has 2 aromatic heterocycles. The van der Waals surface area contributed by atoms with Crippen molar-refractivity contribution < 1.29 is 0 Å². The van der Waals surface area contributed by atoms with E-state index in [9.17, 15) is 0 Å². The lowest BCUT2D eigenvalue weighted by Gasteiger charge is -2.34. The van der Waals surface area contributed by atoms with Gasteiger partial charge in [0.15, 0.2) is 0 Å². The number of hydrogen-bond acceptors (Lipinski definition) is 9. The number of nitrogens with zero attached hydrogens (tertiary/aromatic N) is 10. The highest BCUT2D eigenvalue weighted by Gasteiger charge is 2.16. The Morgan fingerprint density at radius 3 is 1.42 bits per heavy atom. The molecular formula is C76H112N10. The van der Waals surface area contributed by atoms with Crippen LogP contribution in [-0.4, -0.2) is 175 Å². The third kappa shape index (κ3) is 37.7. The molecule has 0 radical (unpaired) electrons. The Hall–Kier alpha value is -6.60. The van der Waals surface area contributed by atoms with E-state index in [2.05, 4.69) is 233 Å². The number of imidazole rings is 1. The van der Waals surface area contributed by atoms with Gasteiger partial charge in [0.05, 0.1) is 6.33 Å². The largest absolute Gasteiger partial charge is 0.337 e. The van der Waals surface area contributed by atoms with Gasteiger partial charge in [0, 0.05) is 149 Å². The highest BCUT2D eigenvalue weighted by molar-refractivity contribution is 5.27. The van der Waals surface area contributed by atoms with Gasteiger partial charge in [0.1, 0.15) is 0 Å². The molecule has 3 saturated heterocycles. The van der Waals surface area contributed by atoms with E-state index in [0.29, 0.717) is 0 Å². The van der Waals surface area contributed by atoms with E-state index in [0.717, 1.165) is 104 Å². The first kappa shape index (κ1) is 73.7. The number of pyridine rings is 1. The quantitative estimate of drug-likeness (QED) is 0.0504. The number of likely N-dealkylation sites (tertiary alicyclic amines) is 1. The second kappa shape index (κ2) is 49.5. The fraction of sp³-hybridized carbons (Fsp3) is 0.421. The minimum absolute atomic E-state index is 0.990. The van der Waals surface area contributed by atoms with Gasteiger partial charge in [-0.1, -0.05) is 158 Å². The number of hydrogen-bond donors (Lipinski definition) is 0. The smallest absolute Gasteiger partial charge is 0.0946 e. The van der Waals surface area contributed by atoms with E-state index in [1.165, 1.54) is 118 Å². The highest BCUT2D eigenvalue weighted by atomic mass is 15.3. The van der Waals surface area contributed by atoms with Crippen molar-refractivity contribution in [1.29, 1.82) is 0 Å². The summed E-state index contributed by atoms with van der Waals surface area (Å²) in [5.41, 5.74) is 8.41. The van der Waals surface area contributed by atoms with Crippen LogP contribution >= 0.6 is 0 Å². The van der Waals surface area contributed by atoms with Gasteiger partial charge in [0.25, 0.3) is 0 Å². The van der Waals surface area contributed by atoms with E-state index in [-0.39, 0.29) is 0 Å². The summed E-state index contributed by atoms with van der Waals surface area (Å²) in [5, 5.41) is 0. The summed E-state index contributed by atoms with van der Waals surface area (Å²) >= 11 is 0. The van der Waals surface area contributed by atoms with Crippen molar-refractivity contribution in [1.82, 2.24) is 48.8 Å². The lowest BCUT2D eigenvalue weighted by molar-refractivity contribution is 0.137. The second-order valence-electron chi connectivity index (χ2n) is 22.5. The Labute approximate surface area is 524 Å². The van der Waals surface area contributed by atoms with Crippen molar-refractivity contribution in [3.05, 3.63) is 268 Å². The number of allylic oxidation sites excluding steroid dienone is 6. The Kier molecular flexibility index (Phi) is 42.4. The van der Waals surface area contributed by atoms with Crippen molar-refractivity contribution in [2.75, 3.05) is 126 Å². The molecule has 86 heavy (non-hydrogen) atoms. The first-order valence-electron chi connectivity index (χ1n) is 31.7. The third-order valence-corrected chi connectivity index (χ3v) is 15.1. The summed E-state index contributed by atoms with van der Waals surface area (Å²) in [7, 11) is 6.49. The number of benzene rings is 3. The molecule has 5 aromatic rings. The van der Waals surface area contributed by atoms with Gasteiger partial charge in [-0.3, -0.25) is 19.7 Å². The predicted molar refractivity (Wildman–Crippen MR) is 374 cm³/mol. The number of aryl methyl sites for hydroxylation is 1. The maximum atomic E-state index is 4.03. The minimum atomic E-state index is 0.990. The number of piperidine rings is 1. The Morgan fingerprint density at radius 1 is 0.477 bits per heavy atom. The normalized spacial score (nSPS) is 15.1. The van der Waals surface area contributed by atoms with E-state index < -0.39 is 0 Å². The molecule has 10 nitrogen and oxygen atoms in total. The van der Waals surface area contributed by atoms with E-state index in [1.54, 1.807) is 6.20 Å². The summed E-state index contributed by atoms with van der Waals surface area (Å²) in [6.07, 6.45) is 38.5. The topological polar surface area (TPSA) is 53.4 Å². The van der Waals surface area contributed by atoms with Crippen LogP contribution in [0.25, 0.3) is 0 Å². The number of rotatable bonds is 26. The monoisotopic (exact) mass is 1160 g/mol. The Balaban J connectivity index is 0.000000265. The molecule has 9 rings (SSSR count). The van der Waals surface area contributed by atoms with Crippen LogP contribution in [0.15, 0.2) is 246 Å². The second-order valence-corrected chi connectivity index (χ2v) is 22.5. The summed E-state index contributed by atoms with van der Waals surface area (Å²) in [6.45, 7) is 48.0. The Bertz CT molecular complexity index is 2460. The average molecular weight is 1170 g/mol. The van der Waals surface area contributed by atoms with Gasteiger partial charge in [-0.15, -0.1) is 39.5 Å². The number of aromatic nitrogens is 3. The molecule has 0 spiro atoms. The maximum absolute atomic E-state index is 4.03. The van der Waals surface area contributed by atoms with E-state index in [1.807, 2.05) is 65.9 Å². The molecule has 3 aromatic carbocycles. The van der Waals surface area contributed by atoms with E-state index >= 15 is 0 Å². The molecule has 3 fully saturated rings. The molecule has 0 saturated carbocycles. The van der Waals surface area contributed by atoms with Crippen LogP contribution in [0, 0.1) is 0 Å². The van der Waals surface area contributed by atoms with Crippen molar-refractivity contribution in [3.8, 4) is 0 Å². The zero-order valence-corrected chi connectivity index (χ0v) is 53.8. The van der Waals surface area contributed by atoms with Crippen molar-refractivity contribution in [3.63, 3.8) is 0 Å². The van der Waals surface area contributed by atoms with Gasteiger partial charge >= 0.3 is 0 Å². The summed E-state index contributed by atoms with van der Waals surface area (Å²) in [6, 6.07) is 36.2. The molecule has 466 valence electrons. The summed E-state index contributed by atoms with van der Waals surface area (Å²) in [5.74, 6) is 0. The molecule has 0 atom stereocenters. The first-order chi connectivity index (χ1) is 42.1. The van der Waals surface area contributed by atoms with Crippen LogP contribution in [0.4, 0.5) is 0 Å². The van der Waals surface area contributed by atoms with Gasteiger partial charge in [-0.25, -0.2) is 4.98 Å². The highest BCUT2D eigenvalue weighted by Crippen LogP contribution is 2.17. The molecule has 3 aliphatic heterocycles. The number of piperazine rings is 2. The molecule has 1 aliphatic carbocycles. The van der Waals surface area contributed by atoms with Crippen LogP contribution in [0.3, 0.4) is 0 Å². The SMILES string of the molecule is C=C1CCN(Cc2ccccc2)CC1.C=CCC1=CCC=C1.C=CCCN(C)CCc1ccccc1.C=CCCN(C)CCc1ccncc1.C=CCCN1CCN(C)CC1.C=CCCn1ccnc1.C=CCN1CCN(Cc2ccccc2)CC1. The molecule has 0 bridgehead atoms. The van der Waals surface area contributed by atoms with Crippen LogP contribution in [0.5, 0.6) is 0 Å². The molecule has 10 heteroatoms. The van der Waals surface area contributed by atoms with Crippen molar-refractivity contribution >= 4 is 0 Å². The third-order valence-electron chi connectivity index (χ3n) is 15.1.